The SMILES string of the molecule is Cc1noc2nc(C(C)C)cc(C(=O)NCCc3ccc(N)cc3)c12.Cl. The summed E-state index contributed by atoms with van der Waals surface area (Å²) in [5.74, 6) is 0.0483. The molecule has 3 aromatic rings. The van der Waals surface area contributed by atoms with Gasteiger partial charge in [0.2, 0.25) is 0 Å². The van der Waals surface area contributed by atoms with E-state index in [2.05, 4.69) is 15.5 Å². The van der Waals surface area contributed by atoms with Crippen LogP contribution in [0, 0.1) is 6.92 Å². The van der Waals surface area contributed by atoms with Crippen molar-refractivity contribution >= 4 is 35.1 Å². The Kier molecular flexibility index (Phi) is 6.21. The molecule has 0 fully saturated rings. The molecule has 3 N–H and O–H groups in total. The number of nitrogens with one attached hydrogen (secondary N) is 1. The zero-order valence-electron chi connectivity index (χ0n) is 15.1. The highest BCUT2D eigenvalue weighted by atomic mass is 35.5. The lowest BCUT2D eigenvalue weighted by molar-refractivity contribution is 0.0955. The van der Waals surface area contributed by atoms with Crippen molar-refractivity contribution < 1.29 is 9.32 Å². The number of halogens is 1. The lowest BCUT2D eigenvalue weighted by Crippen LogP contribution is -2.26. The molecule has 3 rings (SSSR count). The fraction of sp³-hybridized carbons (Fsp3) is 0.316. The Morgan fingerprint density at radius 3 is 2.62 bits per heavy atom. The van der Waals surface area contributed by atoms with E-state index in [1.165, 1.54) is 0 Å². The first-order valence-electron chi connectivity index (χ1n) is 8.35. The van der Waals surface area contributed by atoms with Gasteiger partial charge in [-0.25, -0.2) is 4.98 Å². The summed E-state index contributed by atoms with van der Waals surface area (Å²) in [6.45, 7) is 6.40. The van der Waals surface area contributed by atoms with Crippen molar-refractivity contribution in [3.8, 4) is 0 Å². The fourth-order valence-electron chi connectivity index (χ4n) is 2.69. The van der Waals surface area contributed by atoms with Gasteiger partial charge in [-0.05, 0) is 43.0 Å². The number of nitrogens with two attached hydrogens (primary N) is 1. The largest absolute Gasteiger partial charge is 0.399 e. The molecule has 0 spiro atoms. The second-order valence-electron chi connectivity index (χ2n) is 6.45. The van der Waals surface area contributed by atoms with E-state index in [0.29, 0.717) is 28.9 Å². The van der Waals surface area contributed by atoms with Gasteiger partial charge in [0, 0.05) is 17.9 Å². The maximum atomic E-state index is 12.7. The first kappa shape index (κ1) is 19.7. The van der Waals surface area contributed by atoms with E-state index in [1.807, 2.05) is 51.1 Å². The lowest BCUT2D eigenvalue weighted by atomic mass is 10.0. The van der Waals surface area contributed by atoms with E-state index >= 15 is 0 Å². The molecule has 0 aliphatic heterocycles. The van der Waals surface area contributed by atoms with Crippen LogP contribution in [0.4, 0.5) is 5.69 Å². The second-order valence-corrected chi connectivity index (χ2v) is 6.45. The number of nitrogens with zero attached hydrogens (tertiary/aromatic N) is 2. The molecule has 0 aliphatic rings. The third-order valence-electron chi connectivity index (χ3n) is 4.15. The molecule has 138 valence electrons. The van der Waals surface area contributed by atoms with Gasteiger partial charge in [-0.2, -0.15) is 0 Å². The highest BCUT2D eigenvalue weighted by Crippen LogP contribution is 2.25. The molecule has 0 unspecified atom stereocenters. The van der Waals surface area contributed by atoms with Gasteiger partial charge in [0.15, 0.2) is 0 Å². The molecule has 7 heteroatoms. The Hall–Kier alpha value is -2.60. The van der Waals surface area contributed by atoms with E-state index in [-0.39, 0.29) is 24.2 Å². The van der Waals surface area contributed by atoms with Crippen LogP contribution < -0.4 is 11.1 Å². The third kappa shape index (κ3) is 4.14. The summed E-state index contributed by atoms with van der Waals surface area (Å²) in [5, 5.41) is 7.59. The number of pyridine rings is 1. The number of anilines is 1. The van der Waals surface area contributed by atoms with Crippen LogP contribution in [-0.2, 0) is 6.42 Å². The van der Waals surface area contributed by atoms with Crippen LogP contribution in [0.2, 0.25) is 0 Å². The third-order valence-corrected chi connectivity index (χ3v) is 4.15. The molecule has 0 saturated carbocycles. The van der Waals surface area contributed by atoms with Gasteiger partial charge in [0.1, 0.15) is 0 Å². The van der Waals surface area contributed by atoms with Gasteiger partial charge in [0.25, 0.3) is 11.6 Å². The molecule has 6 nitrogen and oxygen atoms in total. The zero-order valence-corrected chi connectivity index (χ0v) is 15.9. The van der Waals surface area contributed by atoms with E-state index in [1.54, 1.807) is 0 Å². The molecular weight excluding hydrogens is 352 g/mol. The van der Waals surface area contributed by atoms with Crippen LogP contribution in [0.3, 0.4) is 0 Å². The number of aryl methyl sites for hydroxylation is 1. The number of hydrogen-bond donors (Lipinski definition) is 2. The Morgan fingerprint density at radius 2 is 1.96 bits per heavy atom. The minimum atomic E-state index is -0.143. The molecule has 2 aromatic heterocycles. The molecule has 0 saturated heterocycles. The van der Waals surface area contributed by atoms with Gasteiger partial charge in [-0.1, -0.05) is 31.1 Å². The minimum absolute atomic E-state index is 0. The number of carbonyl (C=O) groups is 1. The van der Waals surface area contributed by atoms with E-state index in [9.17, 15) is 4.79 Å². The van der Waals surface area contributed by atoms with Crippen LogP contribution in [0.5, 0.6) is 0 Å². The van der Waals surface area contributed by atoms with Crippen LogP contribution in [0.25, 0.3) is 11.1 Å². The topological polar surface area (TPSA) is 94.0 Å². The number of nitrogen functional groups attached to an aromatic ring is 1. The standard InChI is InChI=1S/C19H22N4O2.ClH/c1-11(2)16-10-15(17-12(3)23-25-19(17)22-16)18(24)21-9-8-13-4-6-14(20)7-5-13;/h4-7,10-11H,8-9,20H2,1-3H3,(H,21,24);1H. The molecule has 0 atom stereocenters. The molecule has 0 aliphatic carbocycles. The molecular formula is C19H23ClN4O2. The predicted molar refractivity (Wildman–Crippen MR) is 105 cm³/mol. The van der Waals surface area contributed by atoms with Crippen molar-refractivity contribution in [2.24, 2.45) is 0 Å². The Bertz CT molecular complexity index is 904. The van der Waals surface area contributed by atoms with E-state index in [0.717, 1.165) is 23.4 Å². The van der Waals surface area contributed by atoms with Gasteiger partial charge in [0.05, 0.1) is 16.6 Å². The van der Waals surface area contributed by atoms with E-state index < -0.39 is 0 Å². The summed E-state index contributed by atoms with van der Waals surface area (Å²) in [6.07, 6.45) is 0.736. The van der Waals surface area contributed by atoms with Crippen molar-refractivity contribution in [1.29, 1.82) is 0 Å². The number of aromatic nitrogens is 2. The molecule has 1 amide bonds. The average Bonchev–Trinajstić information content (AvgIpc) is 2.97. The summed E-state index contributed by atoms with van der Waals surface area (Å²) in [6, 6.07) is 9.48. The lowest BCUT2D eigenvalue weighted by Gasteiger charge is -2.10. The highest BCUT2D eigenvalue weighted by molar-refractivity contribution is 6.06. The normalized spacial score (nSPS) is 10.8. The van der Waals surface area contributed by atoms with Crippen molar-refractivity contribution in [3.05, 3.63) is 52.8 Å². The average molecular weight is 375 g/mol. The zero-order chi connectivity index (χ0) is 18.0. The number of rotatable bonds is 5. The Labute approximate surface area is 158 Å². The first-order valence-corrected chi connectivity index (χ1v) is 8.35. The van der Waals surface area contributed by atoms with Gasteiger partial charge >= 0.3 is 0 Å². The summed E-state index contributed by atoms with van der Waals surface area (Å²) >= 11 is 0. The maximum absolute atomic E-state index is 12.7. The predicted octanol–water partition coefficient (Wildman–Crippen LogP) is 3.63. The summed E-state index contributed by atoms with van der Waals surface area (Å²) in [7, 11) is 0. The monoisotopic (exact) mass is 374 g/mol. The smallest absolute Gasteiger partial charge is 0.259 e. The second kappa shape index (κ2) is 8.19. The minimum Gasteiger partial charge on any atom is -0.399 e. The molecule has 26 heavy (non-hydrogen) atoms. The Balaban J connectivity index is 0.00000243. The summed E-state index contributed by atoms with van der Waals surface area (Å²) in [4.78, 5) is 17.2. The van der Waals surface area contributed by atoms with Gasteiger partial charge < -0.3 is 15.6 Å². The van der Waals surface area contributed by atoms with Crippen LogP contribution in [0.15, 0.2) is 34.9 Å². The number of fused-ring (bicyclic) bond motifs is 1. The maximum Gasteiger partial charge on any atom is 0.259 e. The highest BCUT2D eigenvalue weighted by Gasteiger charge is 2.19. The fourth-order valence-corrected chi connectivity index (χ4v) is 2.69. The van der Waals surface area contributed by atoms with Crippen molar-refractivity contribution in [3.63, 3.8) is 0 Å². The van der Waals surface area contributed by atoms with Crippen LogP contribution in [-0.4, -0.2) is 22.6 Å². The van der Waals surface area contributed by atoms with Crippen LogP contribution >= 0.6 is 12.4 Å². The van der Waals surface area contributed by atoms with E-state index in [4.69, 9.17) is 10.3 Å². The summed E-state index contributed by atoms with van der Waals surface area (Å²) in [5.41, 5.74) is 9.99. The first-order chi connectivity index (χ1) is 12.0. The molecule has 1 aromatic carbocycles. The number of hydrogen-bond acceptors (Lipinski definition) is 5. The molecule has 0 radical (unpaired) electrons. The van der Waals surface area contributed by atoms with Gasteiger partial charge in [-0.3, -0.25) is 4.79 Å². The molecule has 0 bridgehead atoms. The quantitative estimate of drug-likeness (QED) is 0.665. The van der Waals surface area contributed by atoms with Crippen molar-refractivity contribution in [2.45, 2.75) is 33.1 Å². The molecule has 2 heterocycles. The number of carbonyl (C=O) groups excluding carboxylic acids is 1. The number of benzene rings is 1. The van der Waals surface area contributed by atoms with Crippen molar-refractivity contribution in [2.75, 3.05) is 12.3 Å². The number of amides is 1. The van der Waals surface area contributed by atoms with Crippen LogP contribution in [0.1, 0.15) is 47.1 Å². The van der Waals surface area contributed by atoms with Gasteiger partial charge in [-0.15, -0.1) is 12.4 Å². The summed E-state index contributed by atoms with van der Waals surface area (Å²) < 4.78 is 5.26. The Morgan fingerprint density at radius 1 is 1.27 bits per heavy atom. The van der Waals surface area contributed by atoms with Crippen molar-refractivity contribution in [1.82, 2.24) is 15.5 Å².